The highest BCUT2D eigenvalue weighted by Crippen LogP contribution is 2.34. The molecule has 3 nitrogen and oxygen atoms in total. The van der Waals surface area contributed by atoms with E-state index in [4.69, 9.17) is 0 Å². The van der Waals surface area contributed by atoms with Gasteiger partial charge in [0.1, 0.15) is 10.7 Å². The molecule has 1 rings (SSSR count). The maximum Gasteiger partial charge on any atom is 0.501 e. The van der Waals surface area contributed by atoms with Gasteiger partial charge in [0.05, 0.1) is 5.69 Å². The lowest BCUT2D eigenvalue weighted by atomic mass is 10.2. The molecule has 8 heteroatoms. The van der Waals surface area contributed by atoms with E-state index in [2.05, 4.69) is 5.32 Å². The van der Waals surface area contributed by atoms with E-state index >= 15 is 0 Å². The van der Waals surface area contributed by atoms with Crippen LogP contribution in [0.25, 0.3) is 0 Å². The second-order valence-corrected chi connectivity index (χ2v) is 6.27. The molecule has 1 aromatic carbocycles. The highest BCUT2D eigenvalue weighted by atomic mass is 32.2. The van der Waals surface area contributed by atoms with Gasteiger partial charge in [-0.3, -0.25) is 0 Å². The topological polar surface area (TPSA) is 46.2 Å². The van der Waals surface area contributed by atoms with Crippen molar-refractivity contribution >= 4 is 15.5 Å². The molecule has 0 saturated heterocycles. The molecule has 0 aliphatic carbocycles. The van der Waals surface area contributed by atoms with Crippen LogP contribution >= 0.6 is 0 Å². The van der Waals surface area contributed by atoms with E-state index in [1.165, 1.54) is 0 Å². The molecule has 0 heterocycles. The molecule has 0 aliphatic heterocycles. The second kappa shape index (κ2) is 5.36. The number of sulfone groups is 1. The van der Waals surface area contributed by atoms with Crippen molar-refractivity contribution in [1.29, 1.82) is 0 Å². The van der Waals surface area contributed by atoms with E-state index in [0.717, 1.165) is 12.1 Å². The monoisotopic (exact) mass is 299 g/mol. The van der Waals surface area contributed by atoms with Crippen molar-refractivity contribution in [3.63, 3.8) is 0 Å². The second-order valence-electron chi connectivity index (χ2n) is 4.36. The fourth-order valence-corrected chi connectivity index (χ4v) is 2.25. The minimum absolute atomic E-state index is 0.0893. The van der Waals surface area contributed by atoms with Crippen LogP contribution in [0.5, 0.6) is 0 Å². The summed E-state index contributed by atoms with van der Waals surface area (Å²) >= 11 is 0. The Kier molecular flexibility index (Phi) is 4.44. The van der Waals surface area contributed by atoms with Crippen molar-refractivity contribution in [2.24, 2.45) is 5.92 Å². The molecule has 0 unspecified atom stereocenters. The lowest BCUT2D eigenvalue weighted by Gasteiger charge is -2.15. The summed E-state index contributed by atoms with van der Waals surface area (Å²) in [6, 6.07) is 2.25. The average Bonchev–Trinajstić information content (AvgIpc) is 2.25. The summed E-state index contributed by atoms with van der Waals surface area (Å²) in [5, 5.41) is 2.57. The minimum atomic E-state index is -5.58. The highest BCUT2D eigenvalue weighted by molar-refractivity contribution is 7.92. The summed E-state index contributed by atoms with van der Waals surface area (Å²) in [7, 11) is -5.58. The molecule has 1 aromatic rings. The Morgan fingerprint density at radius 3 is 2.32 bits per heavy atom. The first-order chi connectivity index (χ1) is 8.55. The number of nitrogens with one attached hydrogen (secondary N) is 1. The standard InChI is InChI=1S/C11H13F4NO2S/c1-7(2)6-16-9-4-3-8(12)5-10(9)19(17,18)11(13,14)15/h3-5,7,16H,6H2,1-2H3. The van der Waals surface area contributed by atoms with Crippen molar-refractivity contribution in [2.45, 2.75) is 24.3 Å². The SMILES string of the molecule is CC(C)CNc1ccc(F)cc1S(=O)(=O)C(F)(F)F. The molecule has 0 bridgehead atoms. The van der Waals surface area contributed by atoms with Gasteiger partial charge < -0.3 is 5.32 Å². The molecule has 0 amide bonds. The Hall–Kier alpha value is -1.31. The maximum absolute atomic E-state index is 13.0. The van der Waals surface area contributed by atoms with Crippen LogP contribution in [0.15, 0.2) is 23.1 Å². The molecule has 0 radical (unpaired) electrons. The Morgan fingerprint density at radius 2 is 1.84 bits per heavy atom. The molecule has 0 spiro atoms. The largest absolute Gasteiger partial charge is 0.501 e. The molecule has 108 valence electrons. The molecular formula is C11H13F4NO2S. The molecule has 0 aliphatic rings. The Labute approximate surface area is 108 Å². The van der Waals surface area contributed by atoms with E-state index < -0.39 is 26.1 Å². The van der Waals surface area contributed by atoms with Gasteiger partial charge in [-0.15, -0.1) is 0 Å². The van der Waals surface area contributed by atoms with Crippen molar-refractivity contribution in [1.82, 2.24) is 0 Å². The number of benzene rings is 1. The van der Waals surface area contributed by atoms with Crippen LogP contribution < -0.4 is 5.32 Å². The number of hydrogen-bond donors (Lipinski definition) is 1. The van der Waals surface area contributed by atoms with Gasteiger partial charge in [-0.1, -0.05) is 13.8 Å². The summed E-state index contributed by atoms with van der Waals surface area (Å²) in [5.74, 6) is -0.954. The molecule has 0 aromatic heterocycles. The fourth-order valence-electron chi connectivity index (χ4n) is 1.30. The van der Waals surface area contributed by atoms with Crippen LogP contribution in [0.3, 0.4) is 0 Å². The van der Waals surface area contributed by atoms with Gasteiger partial charge in [-0.2, -0.15) is 13.2 Å². The van der Waals surface area contributed by atoms with Crippen LogP contribution in [0.1, 0.15) is 13.8 Å². The number of rotatable bonds is 4. The summed E-state index contributed by atoms with van der Waals surface area (Å²) in [6.07, 6.45) is 0. The first-order valence-electron chi connectivity index (χ1n) is 5.40. The minimum Gasteiger partial charge on any atom is -0.384 e. The number of halogens is 4. The van der Waals surface area contributed by atoms with Crippen LogP contribution in [-0.4, -0.2) is 20.5 Å². The Morgan fingerprint density at radius 1 is 1.26 bits per heavy atom. The van der Waals surface area contributed by atoms with Gasteiger partial charge in [-0.05, 0) is 24.1 Å². The lowest BCUT2D eigenvalue weighted by Crippen LogP contribution is -2.25. The normalized spacial score (nSPS) is 12.8. The number of alkyl halides is 3. The van der Waals surface area contributed by atoms with Gasteiger partial charge >= 0.3 is 5.51 Å². The van der Waals surface area contributed by atoms with Crippen molar-refractivity contribution in [3.8, 4) is 0 Å². The van der Waals surface area contributed by atoms with E-state index in [1.807, 2.05) is 0 Å². The molecule has 0 saturated carbocycles. The zero-order chi connectivity index (χ0) is 14.8. The van der Waals surface area contributed by atoms with Crippen molar-refractivity contribution < 1.29 is 26.0 Å². The number of hydrogen-bond acceptors (Lipinski definition) is 3. The van der Waals surface area contributed by atoms with E-state index in [9.17, 15) is 26.0 Å². The Bertz CT molecular complexity index is 552. The fraction of sp³-hybridized carbons (Fsp3) is 0.455. The van der Waals surface area contributed by atoms with Gasteiger partial charge in [-0.25, -0.2) is 12.8 Å². The quantitative estimate of drug-likeness (QED) is 0.869. The highest BCUT2D eigenvalue weighted by Gasteiger charge is 2.48. The molecule has 19 heavy (non-hydrogen) atoms. The summed E-state index contributed by atoms with van der Waals surface area (Å²) < 4.78 is 73.2. The third kappa shape index (κ3) is 3.59. The van der Waals surface area contributed by atoms with Crippen LogP contribution in [-0.2, 0) is 9.84 Å². The van der Waals surface area contributed by atoms with Crippen molar-refractivity contribution in [2.75, 3.05) is 11.9 Å². The molecule has 0 fully saturated rings. The summed E-state index contributed by atoms with van der Waals surface area (Å²) in [6.45, 7) is 3.87. The van der Waals surface area contributed by atoms with E-state index in [0.29, 0.717) is 6.07 Å². The Balaban J connectivity index is 3.29. The van der Waals surface area contributed by atoms with Crippen LogP contribution in [0.2, 0.25) is 0 Å². The predicted molar refractivity (Wildman–Crippen MR) is 63.0 cm³/mol. The van der Waals surface area contributed by atoms with Gasteiger partial charge in [0, 0.05) is 6.54 Å². The van der Waals surface area contributed by atoms with E-state index in [1.54, 1.807) is 13.8 Å². The first kappa shape index (κ1) is 15.7. The van der Waals surface area contributed by atoms with E-state index in [-0.39, 0.29) is 18.2 Å². The first-order valence-corrected chi connectivity index (χ1v) is 6.89. The third-order valence-electron chi connectivity index (χ3n) is 2.24. The summed E-state index contributed by atoms with van der Waals surface area (Å²) in [4.78, 5) is -1.10. The molecular weight excluding hydrogens is 286 g/mol. The predicted octanol–water partition coefficient (Wildman–Crippen LogP) is 3.19. The van der Waals surface area contributed by atoms with Crippen LogP contribution in [0, 0.1) is 11.7 Å². The van der Waals surface area contributed by atoms with Crippen molar-refractivity contribution in [3.05, 3.63) is 24.0 Å². The maximum atomic E-state index is 13.0. The zero-order valence-electron chi connectivity index (χ0n) is 10.3. The van der Waals surface area contributed by atoms with Gasteiger partial charge in [0.15, 0.2) is 0 Å². The third-order valence-corrected chi connectivity index (χ3v) is 3.76. The number of anilines is 1. The van der Waals surface area contributed by atoms with Crippen LogP contribution in [0.4, 0.5) is 23.2 Å². The summed E-state index contributed by atoms with van der Waals surface area (Å²) in [5.41, 5.74) is -5.72. The molecule has 1 N–H and O–H groups in total. The van der Waals surface area contributed by atoms with Gasteiger partial charge in [0.2, 0.25) is 0 Å². The van der Waals surface area contributed by atoms with Gasteiger partial charge in [0.25, 0.3) is 9.84 Å². The zero-order valence-corrected chi connectivity index (χ0v) is 11.1. The smallest absolute Gasteiger partial charge is 0.384 e. The average molecular weight is 299 g/mol. The lowest BCUT2D eigenvalue weighted by molar-refractivity contribution is -0.0435. The molecule has 0 atom stereocenters.